The number of nitrogens with one attached hydrogen (secondary N) is 1. The van der Waals surface area contributed by atoms with E-state index in [1.165, 1.54) is 17.6 Å². The van der Waals surface area contributed by atoms with Crippen LogP contribution in [0.15, 0.2) is 28.6 Å². The van der Waals surface area contributed by atoms with Crippen molar-refractivity contribution >= 4 is 32.3 Å². The number of nitrogens with zero attached hydrogens (tertiary/aromatic N) is 1. The monoisotopic (exact) mass is 430 g/mol. The zero-order valence-corrected chi connectivity index (χ0v) is 16.6. The van der Waals surface area contributed by atoms with Gasteiger partial charge in [0.15, 0.2) is 17.3 Å². The van der Waals surface area contributed by atoms with Crippen molar-refractivity contribution in [1.82, 2.24) is 4.98 Å². The molecule has 1 aliphatic heterocycles. The molecule has 0 amide bonds. The molecular formula is C17H19FN2O6S2. The fraction of sp³-hybridized carbons (Fsp3) is 0.412. The molecule has 1 N–H and O–H groups in total. The molecule has 8 nitrogen and oxygen atoms in total. The van der Waals surface area contributed by atoms with Crippen LogP contribution in [0.3, 0.4) is 0 Å². The smallest absolute Gasteiger partial charge is 0.360 e. The van der Waals surface area contributed by atoms with Gasteiger partial charge >= 0.3 is 5.97 Å². The van der Waals surface area contributed by atoms with Gasteiger partial charge in [-0.1, -0.05) is 0 Å². The Hall–Kier alpha value is -2.24. The summed E-state index contributed by atoms with van der Waals surface area (Å²) in [7, 11) is -4.13. The second-order valence-corrected chi connectivity index (χ2v) is 8.42. The first-order valence-corrected chi connectivity index (χ1v) is 10.9. The number of carbonyl (C=O) groups is 1. The summed E-state index contributed by atoms with van der Waals surface area (Å²) in [5.74, 6) is -1.55. The molecule has 1 saturated heterocycles. The van der Waals surface area contributed by atoms with Crippen molar-refractivity contribution in [2.75, 3.05) is 24.5 Å². The zero-order valence-electron chi connectivity index (χ0n) is 15.0. The lowest BCUT2D eigenvalue weighted by molar-refractivity contribution is 0.0240. The highest BCUT2D eigenvalue weighted by atomic mass is 32.2. The number of halogens is 1. The summed E-state index contributed by atoms with van der Waals surface area (Å²) in [6.07, 6.45) is 1.11. The molecule has 28 heavy (non-hydrogen) atoms. The van der Waals surface area contributed by atoms with Gasteiger partial charge in [0.1, 0.15) is 11.1 Å². The number of ether oxygens (including phenoxy) is 3. The van der Waals surface area contributed by atoms with Gasteiger partial charge in [0.2, 0.25) is 0 Å². The molecule has 0 bridgehead atoms. The van der Waals surface area contributed by atoms with Crippen LogP contribution in [0.1, 0.15) is 30.3 Å². The first kappa shape index (κ1) is 20.5. The Labute approximate surface area is 165 Å². The Kier molecular flexibility index (Phi) is 6.47. The average molecular weight is 430 g/mol. The third kappa shape index (κ3) is 4.78. The van der Waals surface area contributed by atoms with Crippen molar-refractivity contribution in [1.29, 1.82) is 0 Å². The van der Waals surface area contributed by atoms with Crippen LogP contribution in [-0.4, -0.2) is 45.3 Å². The number of aromatic nitrogens is 1. The highest BCUT2D eigenvalue weighted by molar-refractivity contribution is 7.93. The highest BCUT2D eigenvalue weighted by Crippen LogP contribution is 2.28. The van der Waals surface area contributed by atoms with Crippen molar-refractivity contribution in [3.63, 3.8) is 0 Å². The summed E-state index contributed by atoms with van der Waals surface area (Å²) in [4.78, 5) is 15.4. The molecule has 0 unspecified atom stereocenters. The summed E-state index contributed by atoms with van der Waals surface area (Å²) in [6.45, 7) is 2.84. The molecule has 11 heteroatoms. The van der Waals surface area contributed by atoms with Gasteiger partial charge in [-0.3, -0.25) is 4.72 Å². The molecule has 0 saturated carbocycles. The van der Waals surface area contributed by atoms with Crippen LogP contribution in [0.4, 0.5) is 9.39 Å². The molecule has 3 rings (SSSR count). The van der Waals surface area contributed by atoms with Gasteiger partial charge < -0.3 is 14.2 Å². The summed E-state index contributed by atoms with van der Waals surface area (Å²) in [5, 5.41) is 0.00129. The minimum Gasteiger partial charge on any atom is -0.487 e. The molecule has 0 atom stereocenters. The van der Waals surface area contributed by atoms with E-state index in [4.69, 9.17) is 14.2 Å². The van der Waals surface area contributed by atoms with Gasteiger partial charge in [0.25, 0.3) is 10.0 Å². The van der Waals surface area contributed by atoms with Crippen molar-refractivity contribution in [2.24, 2.45) is 0 Å². The zero-order chi connectivity index (χ0) is 20.1. The van der Waals surface area contributed by atoms with E-state index in [9.17, 15) is 17.6 Å². The molecule has 2 aromatic rings. The van der Waals surface area contributed by atoms with Gasteiger partial charge in [0, 0.05) is 12.8 Å². The molecule has 0 spiro atoms. The van der Waals surface area contributed by atoms with Crippen LogP contribution in [0.5, 0.6) is 5.75 Å². The fourth-order valence-corrected chi connectivity index (χ4v) is 4.56. The number of rotatable bonds is 7. The van der Waals surface area contributed by atoms with E-state index in [1.807, 2.05) is 0 Å². The maximum Gasteiger partial charge on any atom is 0.360 e. The van der Waals surface area contributed by atoms with E-state index in [2.05, 4.69) is 9.71 Å². The predicted molar refractivity (Wildman–Crippen MR) is 99.7 cm³/mol. The van der Waals surface area contributed by atoms with Crippen LogP contribution in [0, 0.1) is 5.82 Å². The van der Waals surface area contributed by atoms with Crippen LogP contribution >= 0.6 is 11.3 Å². The molecule has 1 aromatic heterocycles. The van der Waals surface area contributed by atoms with E-state index in [0.717, 1.165) is 17.4 Å². The quantitative estimate of drug-likeness (QED) is 0.674. The minimum atomic E-state index is -4.13. The van der Waals surface area contributed by atoms with Crippen LogP contribution in [-0.2, 0) is 19.5 Å². The van der Waals surface area contributed by atoms with Crippen molar-refractivity contribution in [3.8, 4) is 5.75 Å². The molecule has 1 fully saturated rings. The van der Waals surface area contributed by atoms with Crippen LogP contribution < -0.4 is 9.46 Å². The minimum absolute atomic E-state index is 0.00129. The molecule has 2 heterocycles. The highest BCUT2D eigenvalue weighted by Gasteiger charge is 2.24. The van der Waals surface area contributed by atoms with E-state index < -0.39 is 21.8 Å². The number of hydrogen-bond acceptors (Lipinski definition) is 8. The van der Waals surface area contributed by atoms with Gasteiger partial charge in [-0.25, -0.2) is 22.6 Å². The lowest BCUT2D eigenvalue weighted by Gasteiger charge is -2.23. The summed E-state index contributed by atoms with van der Waals surface area (Å²) < 4.78 is 57.5. The lowest BCUT2D eigenvalue weighted by Crippen LogP contribution is -2.26. The SMILES string of the molecule is CCOC(=O)c1ncsc1NS(=O)(=O)c1ccc(OC2CCOCC2)c(F)c1. The van der Waals surface area contributed by atoms with E-state index in [0.29, 0.717) is 26.1 Å². The number of sulfonamides is 1. The number of benzene rings is 1. The first-order chi connectivity index (χ1) is 13.4. The fourth-order valence-electron chi connectivity index (χ4n) is 2.56. The second kappa shape index (κ2) is 8.84. The Morgan fingerprint density at radius 3 is 2.82 bits per heavy atom. The van der Waals surface area contributed by atoms with Gasteiger partial charge in [-0.15, -0.1) is 11.3 Å². The number of thiazole rings is 1. The largest absolute Gasteiger partial charge is 0.487 e. The van der Waals surface area contributed by atoms with E-state index in [1.54, 1.807) is 6.92 Å². The molecule has 1 aromatic carbocycles. The maximum atomic E-state index is 14.4. The number of anilines is 1. The third-order valence-electron chi connectivity index (χ3n) is 3.94. The Morgan fingerprint density at radius 1 is 1.39 bits per heavy atom. The maximum absolute atomic E-state index is 14.4. The lowest BCUT2D eigenvalue weighted by atomic mass is 10.1. The topological polar surface area (TPSA) is 104 Å². The summed E-state index contributed by atoms with van der Waals surface area (Å²) in [6, 6.07) is 3.39. The van der Waals surface area contributed by atoms with Gasteiger partial charge in [-0.2, -0.15) is 0 Å². The van der Waals surface area contributed by atoms with Crippen molar-refractivity contribution < 1.29 is 31.8 Å². The number of carbonyl (C=O) groups excluding carboxylic acids is 1. The Balaban J connectivity index is 1.76. The molecule has 152 valence electrons. The predicted octanol–water partition coefficient (Wildman–Crippen LogP) is 2.82. The molecule has 0 radical (unpaired) electrons. The van der Waals surface area contributed by atoms with E-state index >= 15 is 0 Å². The van der Waals surface area contributed by atoms with Crippen LogP contribution in [0.2, 0.25) is 0 Å². The average Bonchev–Trinajstić information content (AvgIpc) is 3.12. The molecule has 1 aliphatic rings. The molecule has 0 aliphatic carbocycles. The summed E-state index contributed by atoms with van der Waals surface area (Å²) in [5.41, 5.74) is 1.17. The normalized spacial score (nSPS) is 15.2. The standard InChI is InChI=1S/C17H19FN2O6S2/c1-2-25-17(21)15-16(27-10-19-15)20-28(22,23)12-3-4-14(13(18)9-12)26-11-5-7-24-8-6-11/h3-4,9-11,20H,2,5-8H2,1H3. The summed E-state index contributed by atoms with van der Waals surface area (Å²) >= 11 is 0.923. The number of esters is 1. The van der Waals surface area contributed by atoms with Crippen LogP contribution in [0.25, 0.3) is 0 Å². The van der Waals surface area contributed by atoms with Gasteiger partial charge in [-0.05, 0) is 25.1 Å². The first-order valence-electron chi connectivity index (χ1n) is 8.58. The number of hydrogen-bond donors (Lipinski definition) is 1. The Bertz CT molecular complexity index is 941. The third-order valence-corrected chi connectivity index (χ3v) is 6.16. The molecular weight excluding hydrogens is 411 g/mol. The van der Waals surface area contributed by atoms with E-state index in [-0.39, 0.29) is 34.1 Å². The van der Waals surface area contributed by atoms with Crippen molar-refractivity contribution in [3.05, 3.63) is 35.2 Å². The van der Waals surface area contributed by atoms with Gasteiger partial charge in [0.05, 0.1) is 30.2 Å². The Morgan fingerprint density at radius 2 is 2.14 bits per heavy atom. The second-order valence-electron chi connectivity index (χ2n) is 5.88. The van der Waals surface area contributed by atoms with Crippen molar-refractivity contribution in [2.45, 2.75) is 30.8 Å².